The fourth-order valence-corrected chi connectivity index (χ4v) is 9.84. The molecule has 212 valence electrons. The molecule has 0 amide bonds. The number of allylic oxidation sites excluding steroid dienone is 2. The highest BCUT2D eigenvalue weighted by atomic mass is 16.5. The van der Waals surface area contributed by atoms with Gasteiger partial charge in [0.15, 0.2) is 0 Å². The fraction of sp³-hybridized carbons (Fsp3) is 0.459. The maximum atomic E-state index is 12.3. The predicted molar refractivity (Wildman–Crippen MR) is 162 cm³/mol. The molecule has 0 bridgehead atoms. The van der Waals surface area contributed by atoms with Crippen LogP contribution in [0.4, 0.5) is 0 Å². The lowest BCUT2D eigenvalue weighted by Gasteiger charge is -2.61. The summed E-state index contributed by atoms with van der Waals surface area (Å²) >= 11 is 0. The first kappa shape index (κ1) is 26.5. The SMILES string of the molecule is C[C@]12CC[C@H](c3cc(Oc4ccccc4)ccc3C(=O)O)C[C@H]1CC[C@@H]1[C@@H]2CC[C@]2(C)C(c3cccnc3)=CC[C@@H]12. The summed E-state index contributed by atoms with van der Waals surface area (Å²) in [6, 6.07) is 19.6. The molecule has 4 aliphatic carbocycles. The Morgan fingerprint density at radius 2 is 1.78 bits per heavy atom. The van der Waals surface area contributed by atoms with Gasteiger partial charge in [-0.3, -0.25) is 4.98 Å². The summed E-state index contributed by atoms with van der Waals surface area (Å²) in [5, 5.41) is 10.1. The van der Waals surface area contributed by atoms with E-state index in [2.05, 4.69) is 43.2 Å². The lowest BCUT2D eigenvalue weighted by Crippen LogP contribution is -2.52. The van der Waals surface area contributed by atoms with E-state index in [1.54, 1.807) is 12.1 Å². The molecule has 1 aromatic heterocycles. The summed E-state index contributed by atoms with van der Waals surface area (Å²) in [5.74, 6) is 3.80. The summed E-state index contributed by atoms with van der Waals surface area (Å²) in [7, 11) is 0. The number of pyridine rings is 1. The zero-order valence-corrected chi connectivity index (χ0v) is 24.3. The molecule has 7 atom stereocenters. The van der Waals surface area contributed by atoms with Crippen LogP contribution in [0.5, 0.6) is 11.5 Å². The Balaban J connectivity index is 1.12. The van der Waals surface area contributed by atoms with Gasteiger partial charge in [-0.15, -0.1) is 0 Å². The van der Waals surface area contributed by atoms with Gasteiger partial charge in [0.1, 0.15) is 11.5 Å². The molecule has 7 rings (SSSR count). The molecular weight excluding hydrogens is 506 g/mol. The Labute approximate surface area is 243 Å². The zero-order chi connectivity index (χ0) is 28.2. The van der Waals surface area contributed by atoms with Gasteiger partial charge in [-0.05, 0) is 145 Å². The Bertz CT molecular complexity index is 1470. The van der Waals surface area contributed by atoms with Gasteiger partial charge in [-0.1, -0.05) is 44.2 Å². The van der Waals surface area contributed by atoms with Crippen LogP contribution >= 0.6 is 0 Å². The molecule has 3 aromatic rings. The summed E-state index contributed by atoms with van der Waals surface area (Å²) in [6.45, 7) is 5.12. The van der Waals surface area contributed by atoms with Crippen LogP contribution in [0.1, 0.15) is 92.6 Å². The average Bonchev–Trinajstić information content (AvgIpc) is 3.35. The van der Waals surface area contributed by atoms with E-state index in [9.17, 15) is 9.90 Å². The highest BCUT2D eigenvalue weighted by Gasteiger charge is 2.58. The van der Waals surface area contributed by atoms with E-state index in [1.165, 1.54) is 49.7 Å². The summed E-state index contributed by atoms with van der Waals surface area (Å²) in [6.07, 6.45) is 16.1. The molecule has 3 fully saturated rings. The van der Waals surface area contributed by atoms with Gasteiger partial charge in [-0.2, -0.15) is 0 Å². The highest BCUT2D eigenvalue weighted by molar-refractivity contribution is 5.90. The summed E-state index contributed by atoms with van der Waals surface area (Å²) in [4.78, 5) is 16.7. The second kappa shape index (κ2) is 10.2. The molecule has 4 aliphatic rings. The smallest absolute Gasteiger partial charge is 0.335 e. The molecule has 4 heteroatoms. The van der Waals surface area contributed by atoms with Crippen molar-refractivity contribution in [3.05, 3.63) is 95.8 Å². The van der Waals surface area contributed by atoms with Crippen LogP contribution in [-0.4, -0.2) is 16.1 Å². The number of rotatable bonds is 5. The Kier molecular flexibility index (Phi) is 6.56. The molecule has 0 spiro atoms. The van der Waals surface area contributed by atoms with Crippen molar-refractivity contribution in [2.45, 2.75) is 71.1 Å². The molecule has 0 unspecified atom stereocenters. The van der Waals surface area contributed by atoms with E-state index in [1.807, 2.05) is 42.6 Å². The predicted octanol–water partition coefficient (Wildman–Crippen LogP) is 9.39. The van der Waals surface area contributed by atoms with Crippen LogP contribution in [-0.2, 0) is 0 Å². The highest BCUT2D eigenvalue weighted by Crippen LogP contribution is 2.68. The molecule has 4 nitrogen and oxygen atoms in total. The molecule has 1 heterocycles. The zero-order valence-electron chi connectivity index (χ0n) is 24.3. The number of hydrogen-bond donors (Lipinski definition) is 1. The Morgan fingerprint density at radius 3 is 2.56 bits per heavy atom. The van der Waals surface area contributed by atoms with Crippen molar-refractivity contribution in [3.63, 3.8) is 0 Å². The Morgan fingerprint density at radius 1 is 0.927 bits per heavy atom. The summed E-state index contributed by atoms with van der Waals surface area (Å²) in [5.41, 5.74) is 4.81. The van der Waals surface area contributed by atoms with E-state index < -0.39 is 5.97 Å². The minimum Gasteiger partial charge on any atom is -0.478 e. The van der Waals surface area contributed by atoms with E-state index in [4.69, 9.17) is 4.74 Å². The van der Waals surface area contributed by atoms with Crippen LogP contribution in [0.2, 0.25) is 0 Å². The van der Waals surface area contributed by atoms with E-state index in [-0.39, 0.29) is 11.3 Å². The monoisotopic (exact) mass is 547 g/mol. The number of fused-ring (bicyclic) bond motifs is 5. The standard InChI is InChI=1S/C37H41NO3/c1-36-18-16-24(31-22-28(11-13-29(31)35(39)40)41-27-8-4-3-5-9-27)21-26(36)10-12-30-33-15-14-32(25-7-6-20-38-23-25)37(33,2)19-17-34(30)36/h3-9,11,13-14,20,22-24,26,30,33-34H,10,12,15-19,21H2,1-2H3,(H,39,40)/t24-,26+,30-,33-,34-,36-,37+/m0/s1. The van der Waals surface area contributed by atoms with Gasteiger partial charge < -0.3 is 9.84 Å². The second-order valence-electron chi connectivity index (χ2n) is 13.6. The number of benzene rings is 2. The molecule has 0 saturated heterocycles. The number of nitrogens with zero attached hydrogens (tertiary/aromatic N) is 1. The minimum atomic E-state index is -0.840. The number of carboxylic acid groups (broad SMARTS) is 1. The number of ether oxygens (including phenoxy) is 1. The number of aromatic nitrogens is 1. The minimum absolute atomic E-state index is 0.250. The van der Waals surface area contributed by atoms with Crippen LogP contribution < -0.4 is 4.74 Å². The van der Waals surface area contributed by atoms with Crippen molar-refractivity contribution in [1.82, 2.24) is 4.98 Å². The lowest BCUT2D eigenvalue weighted by atomic mass is 9.44. The first-order valence-electron chi connectivity index (χ1n) is 15.6. The van der Waals surface area contributed by atoms with Gasteiger partial charge in [0.25, 0.3) is 0 Å². The number of carbonyl (C=O) groups is 1. The first-order chi connectivity index (χ1) is 19.9. The van der Waals surface area contributed by atoms with Gasteiger partial charge in [0.05, 0.1) is 5.56 Å². The molecule has 41 heavy (non-hydrogen) atoms. The first-order valence-corrected chi connectivity index (χ1v) is 15.6. The fourth-order valence-electron chi connectivity index (χ4n) is 9.84. The van der Waals surface area contributed by atoms with Crippen LogP contribution in [0, 0.1) is 34.5 Å². The number of para-hydroxylation sites is 1. The van der Waals surface area contributed by atoms with Gasteiger partial charge in [-0.25, -0.2) is 4.79 Å². The van der Waals surface area contributed by atoms with Crippen molar-refractivity contribution in [3.8, 4) is 11.5 Å². The molecule has 0 radical (unpaired) electrons. The van der Waals surface area contributed by atoms with Crippen LogP contribution in [0.25, 0.3) is 5.57 Å². The van der Waals surface area contributed by atoms with Crippen LogP contribution in [0.15, 0.2) is 79.1 Å². The molecule has 1 N–H and O–H groups in total. The maximum absolute atomic E-state index is 12.3. The van der Waals surface area contributed by atoms with Crippen molar-refractivity contribution in [1.29, 1.82) is 0 Å². The lowest BCUT2D eigenvalue weighted by molar-refractivity contribution is -0.0987. The van der Waals surface area contributed by atoms with E-state index in [0.717, 1.165) is 47.7 Å². The molecule has 2 aromatic carbocycles. The van der Waals surface area contributed by atoms with Crippen molar-refractivity contribution < 1.29 is 14.6 Å². The Hall–Kier alpha value is -3.40. The second-order valence-corrected chi connectivity index (χ2v) is 13.6. The van der Waals surface area contributed by atoms with Crippen molar-refractivity contribution >= 4 is 11.5 Å². The quantitative estimate of drug-likeness (QED) is 0.346. The number of hydrogen-bond acceptors (Lipinski definition) is 3. The number of carboxylic acids is 1. The normalized spacial score (nSPS) is 34.1. The van der Waals surface area contributed by atoms with Crippen molar-refractivity contribution in [2.75, 3.05) is 0 Å². The van der Waals surface area contributed by atoms with Crippen LogP contribution in [0.3, 0.4) is 0 Å². The number of aromatic carboxylic acids is 1. The van der Waals surface area contributed by atoms with E-state index >= 15 is 0 Å². The molecule has 0 aliphatic heterocycles. The topological polar surface area (TPSA) is 59.4 Å². The summed E-state index contributed by atoms with van der Waals surface area (Å²) < 4.78 is 6.13. The average molecular weight is 548 g/mol. The van der Waals surface area contributed by atoms with E-state index in [0.29, 0.717) is 16.9 Å². The maximum Gasteiger partial charge on any atom is 0.335 e. The third-order valence-electron chi connectivity index (χ3n) is 11.9. The molecule has 3 saturated carbocycles. The third kappa shape index (κ3) is 4.42. The molecular formula is C37H41NO3. The van der Waals surface area contributed by atoms with Crippen molar-refractivity contribution in [2.24, 2.45) is 34.5 Å². The largest absolute Gasteiger partial charge is 0.478 e. The van der Waals surface area contributed by atoms with Gasteiger partial charge >= 0.3 is 5.97 Å². The van der Waals surface area contributed by atoms with Gasteiger partial charge in [0, 0.05) is 12.4 Å². The third-order valence-corrected chi connectivity index (χ3v) is 11.9. The van der Waals surface area contributed by atoms with Gasteiger partial charge in [0.2, 0.25) is 0 Å².